The zero-order valence-corrected chi connectivity index (χ0v) is 22.2. The second-order valence-electron chi connectivity index (χ2n) is 10.0. The van der Waals surface area contributed by atoms with Crippen molar-refractivity contribution in [1.82, 2.24) is 4.57 Å². The zero-order chi connectivity index (χ0) is 27.1. The fraction of sp³-hybridized carbons (Fsp3) is 0.0857. The predicted octanol–water partition coefficient (Wildman–Crippen LogP) is 8.18. The average molecular weight is 509 g/mol. The van der Waals surface area contributed by atoms with Crippen LogP contribution in [0.1, 0.15) is 27.0 Å². The summed E-state index contributed by atoms with van der Waals surface area (Å²) in [5.74, 6) is -0.365. The highest BCUT2D eigenvalue weighted by atomic mass is 16.2. The molecule has 0 aliphatic heterocycles. The number of benzene rings is 5. The summed E-state index contributed by atoms with van der Waals surface area (Å²) in [6.07, 6.45) is 0.624. The predicted molar refractivity (Wildman–Crippen MR) is 160 cm³/mol. The van der Waals surface area contributed by atoms with Gasteiger partial charge in [0.1, 0.15) is 0 Å². The summed E-state index contributed by atoms with van der Waals surface area (Å²) in [7, 11) is 0. The maximum Gasteiger partial charge on any atom is 0.267 e. The Balaban J connectivity index is 1.59. The SMILES string of the molecule is Cc1ccc2c(c1)c1cc(C)ccc1n2-c1cccc(C)c1C(=O)N(C=O)c1ccccc1-c1ccccc1. The molecule has 0 fully saturated rings. The van der Waals surface area contributed by atoms with Crippen molar-refractivity contribution in [3.8, 4) is 16.8 Å². The Labute approximate surface area is 227 Å². The molecule has 39 heavy (non-hydrogen) atoms. The number of amides is 2. The maximum absolute atomic E-state index is 14.4. The van der Waals surface area contributed by atoms with Crippen molar-refractivity contribution in [3.05, 3.63) is 131 Å². The molecule has 0 spiro atoms. The smallest absolute Gasteiger partial charge is 0.267 e. The third kappa shape index (κ3) is 4.11. The van der Waals surface area contributed by atoms with Crippen molar-refractivity contribution in [2.24, 2.45) is 0 Å². The molecule has 1 heterocycles. The number of carbonyl (C=O) groups excluding carboxylic acids is 2. The lowest BCUT2D eigenvalue weighted by Crippen LogP contribution is -2.31. The monoisotopic (exact) mass is 508 g/mol. The minimum Gasteiger partial charge on any atom is -0.308 e. The van der Waals surface area contributed by atoms with Crippen LogP contribution in [0.25, 0.3) is 38.6 Å². The average Bonchev–Trinajstić information content (AvgIpc) is 3.26. The van der Waals surface area contributed by atoms with Crippen LogP contribution in [0.5, 0.6) is 0 Å². The first-order valence-electron chi connectivity index (χ1n) is 13.0. The number of aromatic nitrogens is 1. The largest absolute Gasteiger partial charge is 0.308 e. The molecule has 0 aliphatic rings. The van der Waals surface area contributed by atoms with E-state index in [1.807, 2.05) is 79.7 Å². The van der Waals surface area contributed by atoms with Crippen molar-refractivity contribution in [1.29, 1.82) is 0 Å². The molecule has 5 aromatic carbocycles. The minimum atomic E-state index is -0.365. The fourth-order valence-corrected chi connectivity index (χ4v) is 5.51. The summed E-state index contributed by atoms with van der Waals surface area (Å²) >= 11 is 0. The van der Waals surface area contributed by atoms with Gasteiger partial charge in [-0.2, -0.15) is 0 Å². The van der Waals surface area contributed by atoms with Gasteiger partial charge in [-0.05, 0) is 68.3 Å². The maximum atomic E-state index is 14.4. The number of nitrogens with zero attached hydrogens (tertiary/aromatic N) is 2. The second kappa shape index (κ2) is 9.73. The van der Waals surface area contributed by atoms with E-state index in [0.717, 1.165) is 44.2 Å². The van der Waals surface area contributed by atoms with Gasteiger partial charge >= 0.3 is 0 Å². The molecule has 0 atom stereocenters. The molecule has 0 bridgehead atoms. The molecule has 6 aromatic rings. The van der Waals surface area contributed by atoms with Crippen LogP contribution in [-0.4, -0.2) is 16.9 Å². The molecule has 0 unspecified atom stereocenters. The topological polar surface area (TPSA) is 42.3 Å². The van der Waals surface area contributed by atoms with Gasteiger partial charge in [0, 0.05) is 16.3 Å². The van der Waals surface area contributed by atoms with Crippen LogP contribution in [0.15, 0.2) is 109 Å². The summed E-state index contributed by atoms with van der Waals surface area (Å²) in [5, 5.41) is 2.27. The Morgan fingerprint density at radius 2 is 1.31 bits per heavy atom. The molecule has 4 nitrogen and oxygen atoms in total. The molecular weight excluding hydrogens is 480 g/mol. The Morgan fingerprint density at radius 1 is 0.692 bits per heavy atom. The number of rotatable bonds is 5. The van der Waals surface area contributed by atoms with E-state index >= 15 is 0 Å². The molecule has 0 saturated carbocycles. The molecule has 6 rings (SSSR count). The third-order valence-corrected chi connectivity index (χ3v) is 7.35. The quantitative estimate of drug-likeness (QED) is 0.220. The number of fused-ring (bicyclic) bond motifs is 3. The lowest BCUT2D eigenvalue weighted by atomic mass is 10.0. The molecule has 4 heteroatoms. The van der Waals surface area contributed by atoms with E-state index in [-0.39, 0.29) is 5.91 Å². The Hall–Kier alpha value is -4.96. The Morgan fingerprint density at radius 3 is 1.95 bits per heavy atom. The van der Waals surface area contributed by atoms with Crippen molar-refractivity contribution in [2.75, 3.05) is 4.90 Å². The van der Waals surface area contributed by atoms with Crippen LogP contribution in [-0.2, 0) is 4.79 Å². The number of aryl methyl sites for hydroxylation is 3. The first kappa shape index (κ1) is 24.4. The summed E-state index contributed by atoms with van der Waals surface area (Å²) in [4.78, 5) is 28.2. The number of anilines is 1. The summed E-state index contributed by atoms with van der Waals surface area (Å²) in [6, 6.07) is 36.0. The number of imide groups is 1. The van der Waals surface area contributed by atoms with Crippen molar-refractivity contribution in [2.45, 2.75) is 20.8 Å². The molecule has 0 radical (unpaired) electrons. The zero-order valence-electron chi connectivity index (χ0n) is 22.2. The molecule has 0 N–H and O–H groups in total. The molecule has 190 valence electrons. The summed E-state index contributed by atoms with van der Waals surface area (Å²) < 4.78 is 2.15. The van der Waals surface area contributed by atoms with Gasteiger partial charge in [0.2, 0.25) is 6.41 Å². The molecular formula is C35H28N2O2. The molecule has 0 saturated heterocycles. The lowest BCUT2D eigenvalue weighted by Gasteiger charge is -2.22. The van der Waals surface area contributed by atoms with Gasteiger partial charge in [0.05, 0.1) is 28.0 Å². The van der Waals surface area contributed by atoms with E-state index in [1.54, 1.807) is 0 Å². The van der Waals surface area contributed by atoms with Gasteiger partial charge in [-0.1, -0.05) is 83.9 Å². The number of carbonyl (C=O) groups is 2. The Bertz CT molecular complexity index is 1820. The number of hydrogen-bond acceptors (Lipinski definition) is 2. The van der Waals surface area contributed by atoms with Crippen LogP contribution in [0.4, 0.5) is 5.69 Å². The number of para-hydroxylation sites is 1. The van der Waals surface area contributed by atoms with Crippen molar-refractivity contribution < 1.29 is 9.59 Å². The van der Waals surface area contributed by atoms with E-state index < -0.39 is 0 Å². The standard InChI is InChI=1S/C35H28N2O2/c1-23-16-18-31-28(20-23)29-21-24(2)17-19-32(29)37(31)33-15-9-10-25(3)34(33)35(39)36(22-38)30-14-8-7-13-27(30)26-11-5-4-6-12-26/h4-22H,1-3H3. The molecule has 2 amide bonds. The summed E-state index contributed by atoms with van der Waals surface area (Å²) in [6.45, 7) is 6.10. The summed E-state index contributed by atoms with van der Waals surface area (Å²) in [5.41, 5.74) is 8.72. The third-order valence-electron chi connectivity index (χ3n) is 7.35. The van der Waals surface area contributed by atoms with Gasteiger partial charge < -0.3 is 4.57 Å². The van der Waals surface area contributed by atoms with Crippen LogP contribution in [0, 0.1) is 20.8 Å². The highest BCUT2D eigenvalue weighted by molar-refractivity contribution is 6.20. The van der Waals surface area contributed by atoms with Crippen LogP contribution >= 0.6 is 0 Å². The minimum absolute atomic E-state index is 0.365. The molecule has 1 aromatic heterocycles. The van der Waals surface area contributed by atoms with Crippen molar-refractivity contribution >= 4 is 39.8 Å². The van der Waals surface area contributed by atoms with Crippen molar-refractivity contribution in [3.63, 3.8) is 0 Å². The van der Waals surface area contributed by atoms with E-state index in [0.29, 0.717) is 17.7 Å². The highest BCUT2D eigenvalue weighted by Crippen LogP contribution is 2.36. The van der Waals surface area contributed by atoms with E-state index in [2.05, 4.69) is 54.8 Å². The fourth-order valence-electron chi connectivity index (χ4n) is 5.51. The lowest BCUT2D eigenvalue weighted by molar-refractivity contribution is -0.106. The first-order chi connectivity index (χ1) is 19.0. The highest BCUT2D eigenvalue weighted by Gasteiger charge is 2.26. The van der Waals surface area contributed by atoms with E-state index in [9.17, 15) is 9.59 Å². The van der Waals surface area contributed by atoms with Crippen LogP contribution < -0.4 is 4.90 Å². The molecule has 0 aliphatic carbocycles. The first-order valence-corrected chi connectivity index (χ1v) is 13.0. The van der Waals surface area contributed by atoms with Gasteiger partial charge in [-0.25, -0.2) is 4.90 Å². The van der Waals surface area contributed by atoms with E-state index in [4.69, 9.17) is 0 Å². The van der Waals surface area contributed by atoms with Crippen LogP contribution in [0.2, 0.25) is 0 Å². The number of hydrogen-bond donors (Lipinski definition) is 0. The van der Waals surface area contributed by atoms with Gasteiger partial charge in [0.25, 0.3) is 5.91 Å². The normalized spacial score (nSPS) is 11.2. The van der Waals surface area contributed by atoms with Crippen LogP contribution in [0.3, 0.4) is 0 Å². The van der Waals surface area contributed by atoms with E-state index in [1.165, 1.54) is 16.0 Å². The van der Waals surface area contributed by atoms with Gasteiger partial charge in [0.15, 0.2) is 0 Å². The Kier molecular flexibility index (Phi) is 6.08. The second-order valence-corrected chi connectivity index (χ2v) is 10.0. The van der Waals surface area contributed by atoms with Gasteiger partial charge in [-0.15, -0.1) is 0 Å². The van der Waals surface area contributed by atoms with Gasteiger partial charge in [-0.3, -0.25) is 9.59 Å².